The highest BCUT2D eigenvalue weighted by Crippen LogP contribution is 2.20. The molecule has 1 aromatic heterocycles. The first-order valence-electron chi connectivity index (χ1n) is 6.42. The fourth-order valence-electron chi connectivity index (χ4n) is 1.70. The molecule has 0 aliphatic rings. The standard InChI is InChI=1S/C15H17F2NO2/c1-10(2)18-8-15-11(5-6-19-15)9-20-14-4-3-12(16)7-13(14)17/h3-7,10,18H,8-9H2,1-2H3. The van der Waals surface area contributed by atoms with Crippen LogP contribution in [0.25, 0.3) is 0 Å². The zero-order valence-corrected chi connectivity index (χ0v) is 11.5. The highest BCUT2D eigenvalue weighted by molar-refractivity contribution is 5.25. The van der Waals surface area contributed by atoms with Crippen molar-refractivity contribution in [3.63, 3.8) is 0 Å². The van der Waals surface area contributed by atoms with Crippen LogP contribution < -0.4 is 10.1 Å². The Labute approximate surface area is 116 Å². The van der Waals surface area contributed by atoms with Crippen LogP contribution in [0.4, 0.5) is 8.78 Å². The van der Waals surface area contributed by atoms with Crippen LogP contribution in [0.1, 0.15) is 25.2 Å². The third-order valence-electron chi connectivity index (χ3n) is 2.79. The molecule has 0 radical (unpaired) electrons. The fraction of sp³-hybridized carbons (Fsp3) is 0.333. The monoisotopic (exact) mass is 281 g/mol. The first-order chi connectivity index (χ1) is 9.56. The molecular weight excluding hydrogens is 264 g/mol. The van der Waals surface area contributed by atoms with Gasteiger partial charge in [0.05, 0.1) is 12.8 Å². The predicted octanol–water partition coefficient (Wildman–Crippen LogP) is 3.63. The second-order valence-corrected chi connectivity index (χ2v) is 4.77. The van der Waals surface area contributed by atoms with Crippen molar-refractivity contribution < 1.29 is 17.9 Å². The maximum Gasteiger partial charge on any atom is 0.167 e. The van der Waals surface area contributed by atoms with E-state index >= 15 is 0 Å². The van der Waals surface area contributed by atoms with Crippen molar-refractivity contribution in [2.45, 2.75) is 33.0 Å². The van der Waals surface area contributed by atoms with Gasteiger partial charge in [-0.05, 0) is 18.2 Å². The minimum Gasteiger partial charge on any atom is -0.486 e. The van der Waals surface area contributed by atoms with E-state index in [4.69, 9.17) is 9.15 Å². The van der Waals surface area contributed by atoms with Crippen LogP contribution in [-0.4, -0.2) is 6.04 Å². The third-order valence-corrected chi connectivity index (χ3v) is 2.79. The molecule has 3 nitrogen and oxygen atoms in total. The lowest BCUT2D eigenvalue weighted by Crippen LogP contribution is -2.22. The molecule has 0 atom stereocenters. The van der Waals surface area contributed by atoms with Crippen molar-refractivity contribution in [2.24, 2.45) is 0 Å². The summed E-state index contributed by atoms with van der Waals surface area (Å²) in [5.41, 5.74) is 0.835. The summed E-state index contributed by atoms with van der Waals surface area (Å²) in [5, 5.41) is 3.23. The molecule has 0 spiro atoms. The van der Waals surface area contributed by atoms with E-state index in [1.807, 2.05) is 13.8 Å². The fourth-order valence-corrected chi connectivity index (χ4v) is 1.70. The van der Waals surface area contributed by atoms with Crippen LogP contribution in [0.15, 0.2) is 34.9 Å². The summed E-state index contributed by atoms with van der Waals surface area (Å²) >= 11 is 0. The average Bonchev–Trinajstić information content (AvgIpc) is 2.83. The largest absolute Gasteiger partial charge is 0.486 e. The molecule has 0 saturated heterocycles. The molecule has 5 heteroatoms. The second kappa shape index (κ2) is 6.52. The number of furan rings is 1. The van der Waals surface area contributed by atoms with Gasteiger partial charge >= 0.3 is 0 Å². The van der Waals surface area contributed by atoms with Gasteiger partial charge < -0.3 is 14.5 Å². The Hall–Kier alpha value is -1.88. The van der Waals surface area contributed by atoms with E-state index in [9.17, 15) is 8.78 Å². The van der Waals surface area contributed by atoms with Crippen LogP contribution in [-0.2, 0) is 13.2 Å². The Morgan fingerprint density at radius 2 is 2.05 bits per heavy atom. The number of ether oxygens (including phenoxy) is 1. The molecule has 2 aromatic rings. The molecule has 108 valence electrons. The molecular formula is C15H17F2NO2. The van der Waals surface area contributed by atoms with Gasteiger partial charge in [0, 0.05) is 17.7 Å². The summed E-state index contributed by atoms with van der Waals surface area (Å²) in [6.45, 7) is 4.82. The van der Waals surface area contributed by atoms with Crippen LogP contribution in [0.5, 0.6) is 5.75 Å². The molecule has 0 bridgehead atoms. The first-order valence-corrected chi connectivity index (χ1v) is 6.42. The van der Waals surface area contributed by atoms with Crippen LogP contribution in [0, 0.1) is 11.6 Å². The normalized spacial score (nSPS) is 11.1. The number of rotatable bonds is 6. The van der Waals surface area contributed by atoms with E-state index in [0.717, 1.165) is 23.5 Å². The van der Waals surface area contributed by atoms with E-state index in [1.54, 1.807) is 12.3 Å². The molecule has 1 heterocycles. The summed E-state index contributed by atoms with van der Waals surface area (Å²) in [6, 6.07) is 5.35. The molecule has 0 unspecified atom stereocenters. The Morgan fingerprint density at radius 3 is 2.75 bits per heavy atom. The van der Waals surface area contributed by atoms with E-state index in [0.29, 0.717) is 12.6 Å². The van der Waals surface area contributed by atoms with Gasteiger partial charge in [0.25, 0.3) is 0 Å². The smallest absolute Gasteiger partial charge is 0.167 e. The maximum atomic E-state index is 13.4. The van der Waals surface area contributed by atoms with Crippen LogP contribution >= 0.6 is 0 Å². The minimum absolute atomic E-state index is 0.0235. The average molecular weight is 281 g/mol. The van der Waals surface area contributed by atoms with Crippen LogP contribution in [0.3, 0.4) is 0 Å². The van der Waals surface area contributed by atoms with Gasteiger partial charge in [0.2, 0.25) is 0 Å². The lowest BCUT2D eigenvalue weighted by atomic mass is 10.2. The van der Waals surface area contributed by atoms with E-state index in [2.05, 4.69) is 5.32 Å². The summed E-state index contributed by atoms with van der Waals surface area (Å²) in [4.78, 5) is 0. The Kier molecular flexibility index (Phi) is 4.74. The minimum atomic E-state index is -0.713. The zero-order valence-electron chi connectivity index (χ0n) is 11.5. The van der Waals surface area contributed by atoms with Gasteiger partial charge in [-0.15, -0.1) is 0 Å². The Balaban J connectivity index is 1.98. The topological polar surface area (TPSA) is 34.4 Å². The van der Waals surface area contributed by atoms with E-state index in [1.165, 1.54) is 6.07 Å². The first kappa shape index (κ1) is 14.5. The van der Waals surface area contributed by atoms with Crippen molar-refractivity contribution in [3.8, 4) is 5.75 Å². The Bertz CT molecular complexity index is 567. The second-order valence-electron chi connectivity index (χ2n) is 4.77. The molecule has 2 rings (SSSR count). The zero-order chi connectivity index (χ0) is 14.5. The van der Waals surface area contributed by atoms with Gasteiger partial charge in [-0.1, -0.05) is 13.8 Å². The molecule has 20 heavy (non-hydrogen) atoms. The van der Waals surface area contributed by atoms with Crippen molar-refractivity contribution in [2.75, 3.05) is 0 Å². The number of hydrogen-bond donors (Lipinski definition) is 1. The molecule has 0 fully saturated rings. The molecule has 0 amide bonds. The summed E-state index contributed by atoms with van der Waals surface area (Å²) < 4.78 is 36.9. The van der Waals surface area contributed by atoms with Crippen molar-refractivity contribution in [3.05, 3.63) is 53.5 Å². The molecule has 1 aromatic carbocycles. The van der Waals surface area contributed by atoms with E-state index in [-0.39, 0.29) is 12.4 Å². The molecule has 1 N–H and O–H groups in total. The van der Waals surface area contributed by atoms with Gasteiger partial charge in [0.1, 0.15) is 18.2 Å². The van der Waals surface area contributed by atoms with Gasteiger partial charge in [-0.2, -0.15) is 0 Å². The Morgan fingerprint density at radius 1 is 1.25 bits per heavy atom. The van der Waals surface area contributed by atoms with Gasteiger partial charge in [0.15, 0.2) is 11.6 Å². The number of benzene rings is 1. The lowest BCUT2D eigenvalue weighted by molar-refractivity contribution is 0.285. The SMILES string of the molecule is CC(C)NCc1occc1COc1ccc(F)cc1F. The number of halogens is 2. The van der Waals surface area contributed by atoms with Crippen molar-refractivity contribution in [1.82, 2.24) is 5.32 Å². The number of nitrogens with one attached hydrogen (secondary N) is 1. The summed E-state index contributed by atoms with van der Waals surface area (Å²) in [5.74, 6) is -0.563. The van der Waals surface area contributed by atoms with Crippen molar-refractivity contribution >= 4 is 0 Å². The maximum absolute atomic E-state index is 13.4. The lowest BCUT2D eigenvalue weighted by Gasteiger charge is -2.09. The molecule has 0 aliphatic carbocycles. The van der Waals surface area contributed by atoms with E-state index < -0.39 is 11.6 Å². The van der Waals surface area contributed by atoms with Crippen molar-refractivity contribution in [1.29, 1.82) is 0 Å². The highest BCUT2D eigenvalue weighted by atomic mass is 19.1. The number of hydrogen-bond acceptors (Lipinski definition) is 3. The molecule has 0 saturated carbocycles. The summed E-state index contributed by atoms with van der Waals surface area (Å²) in [7, 11) is 0. The van der Waals surface area contributed by atoms with Gasteiger partial charge in [-0.3, -0.25) is 0 Å². The highest BCUT2D eigenvalue weighted by Gasteiger charge is 2.10. The predicted molar refractivity (Wildman–Crippen MR) is 71.4 cm³/mol. The van der Waals surface area contributed by atoms with Gasteiger partial charge in [-0.25, -0.2) is 8.78 Å². The summed E-state index contributed by atoms with van der Waals surface area (Å²) in [6.07, 6.45) is 1.57. The van der Waals surface area contributed by atoms with Crippen LogP contribution in [0.2, 0.25) is 0 Å². The third kappa shape index (κ3) is 3.81. The quantitative estimate of drug-likeness (QED) is 0.878. The molecule has 0 aliphatic heterocycles.